The molecule has 2 heterocycles. The first-order valence-electron chi connectivity index (χ1n) is 6.66. The Labute approximate surface area is 144 Å². The molecule has 0 bridgehead atoms. The van der Waals surface area contributed by atoms with Crippen LogP contribution in [0.1, 0.15) is 0 Å². The molecule has 120 valence electrons. The molecule has 6 nitrogen and oxygen atoms in total. The Morgan fingerprint density at radius 2 is 2.17 bits per heavy atom. The van der Waals surface area contributed by atoms with Gasteiger partial charge < -0.3 is 14.6 Å². The molecule has 23 heavy (non-hydrogen) atoms. The number of fused-ring (bicyclic) bond motifs is 1. The highest BCUT2D eigenvalue weighted by atomic mass is 79.9. The molecular formula is C14H12BrClFN5O. The van der Waals surface area contributed by atoms with Crippen molar-refractivity contribution in [1.29, 1.82) is 0 Å². The number of rotatable bonds is 5. The van der Waals surface area contributed by atoms with Crippen molar-refractivity contribution < 1.29 is 9.13 Å². The van der Waals surface area contributed by atoms with Crippen LogP contribution in [-0.2, 0) is 6.54 Å². The number of methoxy groups -OCH3 is 1. The van der Waals surface area contributed by atoms with Crippen LogP contribution in [0.25, 0.3) is 11.2 Å². The lowest BCUT2D eigenvalue weighted by Gasteiger charge is -2.09. The van der Waals surface area contributed by atoms with Crippen molar-refractivity contribution in [2.24, 2.45) is 0 Å². The summed E-state index contributed by atoms with van der Waals surface area (Å²) in [4.78, 5) is 12.5. The maximum Gasteiger partial charge on any atom is 0.226 e. The fourth-order valence-corrected chi connectivity index (χ4v) is 2.79. The molecule has 3 rings (SSSR count). The van der Waals surface area contributed by atoms with Crippen LogP contribution in [0.15, 0.2) is 29.0 Å². The number of nitrogens with one attached hydrogen (secondary N) is 1. The number of ether oxygens (including phenoxy) is 1. The van der Waals surface area contributed by atoms with E-state index in [9.17, 15) is 4.39 Å². The molecule has 0 unspecified atom stereocenters. The molecule has 1 N–H and O–H groups in total. The zero-order chi connectivity index (χ0) is 16.4. The standard InChI is InChI=1S/C14H12BrClFN5O/c1-23-10-5-8(15)4-9(6-10)19-12-11-13(21-14(16)20-12)22(3-2-17)7-18-11/h4-7H,2-3H2,1H3,(H,19,20,21). The van der Waals surface area contributed by atoms with Gasteiger partial charge in [-0.1, -0.05) is 15.9 Å². The number of anilines is 2. The summed E-state index contributed by atoms with van der Waals surface area (Å²) in [5.74, 6) is 1.12. The summed E-state index contributed by atoms with van der Waals surface area (Å²) in [6.45, 7) is -0.354. The van der Waals surface area contributed by atoms with Crippen molar-refractivity contribution >= 4 is 50.2 Å². The van der Waals surface area contributed by atoms with E-state index in [1.807, 2.05) is 18.2 Å². The minimum absolute atomic E-state index is 0.0579. The van der Waals surface area contributed by atoms with Crippen LogP contribution in [0.2, 0.25) is 5.28 Å². The molecule has 9 heteroatoms. The highest BCUT2D eigenvalue weighted by molar-refractivity contribution is 9.10. The number of alkyl halides is 1. The van der Waals surface area contributed by atoms with Crippen LogP contribution in [0.3, 0.4) is 0 Å². The average molecular weight is 401 g/mol. The average Bonchev–Trinajstić information content (AvgIpc) is 2.90. The van der Waals surface area contributed by atoms with E-state index in [-0.39, 0.29) is 11.8 Å². The first kappa shape index (κ1) is 15.9. The zero-order valence-corrected chi connectivity index (χ0v) is 14.4. The Bertz CT molecular complexity index is 857. The van der Waals surface area contributed by atoms with E-state index in [2.05, 4.69) is 36.2 Å². The van der Waals surface area contributed by atoms with E-state index < -0.39 is 6.67 Å². The van der Waals surface area contributed by atoms with Crippen LogP contribution in [0.5, 0.6) is 5.75 Å². The van der Waals surface area contributed by atoms with Crippen molar-refractivity contribution in [2.75, 3.05) is 19.1 Å². The van der Waals surface area contributed by atoms with E-state index >= 15 is 0 Å². The largest absolute Gasteiger partial charge is 0.497 e. The lowest BCUT2D eigenvalue weighted by atomic mass is 10.3. The highest BCUT2D eigenvalue weighted by Crippen LogP contribution is 2.29. The Morgan fingerprint density at radius 1 is 1.35 bits per heavy atom. The van der Waals surface area contributed by atoms with Crippen molar-refractivity contribution in [2.45, 2.75) is 6.54 Å². The molecule has 0 aliphatic rings. The maximum atomic E-state index is 12.6. The van der Waals surface area contributed by atoms with Crippen molar-refractivity contribution in [3.8, 4) is 5.75 Å². The number of nitrogens with zero attached hydrogens (tertiary/aromatic N) is 4. The number of hydrogen-bond donors (Lipinski definition) is 1. The Hall–Kier alpha value is -1.93. The number of aromatic nitrogens is 4. The van der Waals surface area contributed by atoms with E-state index in [4.69, 9.17) is 16.3 Å². The van der Waals surface area contributed by atoms with Crippen LogP contribution in [0, 0.1) is 0 Å². The van der Waals surface area contributed by atoms with Gasteiger partial charge in [0, 0.05) is 16.2 Å². The van der Waals surface area contributed by atoms with Crippen LogP contribution >= 0.6 is 27.5 Å². The van der Waals surface area contributed by atoms with Gasteiger partial charge in [0.1, 0.15) is 12.4 Å². The second-order valence-corrected chi connectivity index (χ2v) is 5.90. The summed E-state index contributed by atoms with van der Waals surface area (Å²) in [5, 5.41) is 3.20. The summed E-state index contributed by atoms with van der Waals surface area (Å²) in [5.41, 5.74) is 1.74. The van der Waals surface area contributed by atoms with E-state index in [1.54, 1.807) is 11.7 Å². The second kappa shape index (κ2) is 6.67. The first-order valence-corrected chi connectivity index (χ1v) is 7.83. The minimum atomic E-state index is -0.515. The zero-order valence-electron chi connectivity index (χ0n) is 12.1. The Morgan fingerprint density at radius 3 is 2.91 bits per heavy atom. The number of aryl methyl sites for hydroxylation is 1. The monoisotopic (exact) mass is 399 g/mol. The molecule has 0 saturated heterocycles. The van der Waals surface area contributed by atoms with Crippen LogP contribution in [-0.4, -0.2) is 33.3 Å². The van der Waals surface area contributed by atoms with Gasteiger partial charge in [-0.15, -0.1) is 0 Å². The third kappa shape index (κ3) is 3.37. The molecule has 0 fully saturated rings. The van der Waals surface area contributed by atoms with Crippen molar-refractivity contribution in [1.82, 2.24) is 19.5 Å². The Balaban J connectivity index is 2.04. The minimum Gasteiger partial charge on any atom is -0.497 e. The summed E-state index contributed by atoms with van der Waals surface area (Å²) < 4.78 is 20.3. The summed E-state index contributed by atoms with van der Waals surface area (Å²) in [6, 6.07) is 5.51. The molecule has 3 aromatic rings. The predicted molar refractivity (Wildman–Crippen MR) is 90.3 cm³/mol. The number of halogens is 3. The second-order valence-electron chi connectivity index (χ2n) is 4.65. The predicted octanol–water partition coefficient (Wildman–Crippen LogP) is 3.96. The fourth-order valence-electron chi connectivity index (χ4n) is 2.15. The molecule has 0 aliphatic carbocycles. The lowest BCUT2D eigenvalue weighted by molar-refractivity contribution is 0.415. The van der Waals surface area contributed by atoms with Crippen molar-refractivity contribution in [3.05, 3.63) is 34.3 Å². The summed E-state index contributed by atoms with van der Waals surface area (Å²) in [6.07, 6.45) is 1.52. The van der Waals surface area contributed by atoms with Crippen LogP contribution in [0.4, 0.5) is 15.9 Å². The Kier molecular flexibility index (Phi) is 4.63. The molecule has 0 atom stereocenters. The van der Waals surface area contributed by atoms with Gasteiger partial charge in [-0.25, -0.2) is 9.37 Å². The fraction of sp³-hybridized carbons (Fsp3) is 0.214. The van der Waals surface area contributed by atoms with Gasteiger partial charge in [-0.3, -0.25) is 0 Å². The SMILES string of the molecule is COc1cc(Br)cc(Nc2nc(Cl)nc3c2ncn3CCF)c1. The first-order chi connectivity index (χ1) is 11.1. The number of benzene rings is 1. The molecule has 0 aliphatic heterocycles. The molecular weight excluding hydrogens is 389 g/mol. The molecule has 0 saturated carbocycles. The topological polar surface area (TPSA) is 64.9 Å². The smallest absolute Gasteiger partial charge is 0.226 e. The lowest BCUT2D eigenvalue weighted by Crippen LogP contribution is -2.02. The van der Waals surface area contributed by atoms with Crippen molar-refractivity contribution in [3.63, 3.8) is 0 Å². The number of imidazole rings is 1. The van der Waals surface area contributed by atoms with Gasteiger partial charge in [0.05, 0.1) is 20.0 Å². The molecule has 2 aromatic heterocycles. The van der Waals surface area contributed by atoms with E-state index in [1.165, 1.54) is 6.33 Å². The van der Waals surface area contributed by atoms with Gasteiger partial charge in [0.25, 0.3) is 0 Å². The van der Waals surface area contributed by atoms with E-state index in [0.29, 0.717) is 22.7 Å². The summed E-state index contributed by atoms with van der Waals surface area (Å²) in [7, 11) is 1.59. The van der Waals surface area contributed by atoms with Gasteiger partial charge in [-0.2, -0.15) is 9.97 Å². The molecule has 0 amide bonds. The van der Waals surface area contributed by atoms with Gasteiger partial charge in [0.2, 0.25) is 5.28 Å². The van der Waals surface area contributed by atoms with Crippen LogP contribution < -0.4 is 10.1 Å². The summed E-state index contributed by atoms with van der Waals surface area (Å²) >= 11 is 9.39. The quantitative estimate of drug-likeness (QED) is 0.657. The highest BCUT2D eigenvalue weighted by Gasteiger charge is 2.13. The molecule has 0 spiro atoms. The number of hydrogen-bond acceptors (Lipinski definition) is 5. The van der Waals surface area contributed by atoms with E-state index in [0.717, 1.165) is 10.2 Å². The molecule has 0 radical (unpaired) electrons. The third-order valence-electron chi connectivity index (χ3n) is 3.13. The van der Waals surface area contributed by atoms with Gasteiger partial charge in [-0.05, 0) is 23.7 Å². The molecule has 1 aromatic carbocycles. The van der Waals surface area contributed by atoms with Gasteiger partial charge in [0.15, 0.2) is 17.0 Å². The normalized spacial score (nSPS) is 11.0. The maximum absolute atomic E-state index is 12.6. The third-order valence-corrected chi connectivity index (χ3v) is 3.76. The van der Waals surface area contributed by atoms with Gasteiger partial charge >= 0.3 is 0 Å².